The summed E-state index contributed by atoms with van der Waals surface area (Å²) in [5, 5.41) is 9.06. The molecule has 2 aromatic carbocycles. The Morgan fingerprint density at radius 2 is 1.50 bits per heavy atom. The molecule has 1 heterocycles. The van der Waals surface area contributed by atoms with Crippen molar-refractivity contribution in [3.05, 3.63) is 71.8 Å². The molecule has 1 atom stereocenters. The van der Waals surface area contributed by atoms with Crippen LogP contribution in [0.3, 0.4) is 0 Å². The van der Waals surface area contributed by atoms with Gasteiger partial charge in [0.15, 0.2) is 0 Å². The second-order valence-corrected chi connectivity index (χ2v) is 6.43. The van der Waals surface area contributed by atoms with Gasteiger partial charge in [-0.3, -0.25) is 14.6 Å². The molecule has 1 saturated heterocycles. The van der Waals surface area contributed by atoms with Gasteiger partial charge in [0.1, 0.15) is 0 Å². The predicted octanol–water partition coefficient (Wildman–Crippen LogP) is 3.71. The van der Waals surface area contributed by atoms with Gasteiger partial charge in [0.05, 0.1) is 12.6 Å². The first kappa shape index (κ1) is 22.5. The van der Waals surface area contributed by atoms with E-state index in [1.165, 1.54) is 11.1 Å². The average Bonchev–Trinajstić information content (AvgIpc) is 2.59. The van der Waals surface area contributed by atoms with Crippen LogP contribution in [0.5, 0.6) is 0 Å². The number of carboxylic acids is 1. The van der Waals surface area contributed by atoms with E-state index in [0.29, 0.717) is 0 Å². The molecule has 142 valence electrons. The summed E-state index contributed by atoms with van der Waals surface area (Å²) in [7, 11) is 0. The molecular weight excluding hydrogens is 371 g/mol. The molecule has 1 aliphatic heterocycles. The lowest BCUT2D eigenvalue weighted by molar-refractivity contribution is -0.139. The summed E-state index contributed by atoms with van der Waals surface area (Å²) >= 11 is 0. The smallest absolute Gasteiger partial charge is 0.317 e. The van der Waals surface area contributed by atoms with Crippen LogP contribution in [0.2, 0.25) is 0 Å². The van der Waals surface area contributed by atoms with Crippen LogP contribution in [0.15, 0.2) is 60.7 Å². The molecule has 0 aliphatic carbocycles. The van der Waals surface area contributed by atoms with E-state index in [1.807, 2.05) is 17.0 Å². The van der Waals surface area contributed by atoms with Crippen molar-refractivity contribution in [1.29, 1.82) is 0 Å². The molecule has 1 aliphatic rings. The highest BCUT2D eigenvalue weighted by atomic mass is 35.5. The van der Waals surface area contributed by atoms with E-state index in [2.05, 4.69) is 60.4 Å². The van der Waals surface area contributed by atoms with E-state index in [1.54, 1.807) is 0 Å². The molecule has 2 aromatic rings. The van der Waals surface area contributed by atoms with Crippen molar-refractivity contribution in [3.8, 4) is 0 Å². The third-order valence-corrected chi connectivity index (χ3v) is 4.73. The summed E-state index contributed by atoms with van der Waals surface area (Å²) in [6.07, 6.45) is 0. The molecular formula is C20H26Cl2N2O2. The molecule has 0 aromatic heterocycles. The number of nitrogens with zero attached hydrogens (tertiary/aromatic N) is 2. The number of rotatable bonds is 5. The van der Waals surface area contributed by atoms with Crippen molar-refractivity contribution < 1.29 is 9.90 Å². The maximum Gasteiger partial charge on any atom is 0.317 e. The molecule has 3 rings (SSSR count). The maximum atomic E-state index is 11.0. The van der Waals surface area contributed by atoms with E-state index in [0.717, 1.165) is 19.6 Å². The zero-order valence-electron chi connectivity index (χ0n) is 14.8. The van der Waals surface area contributed by atoms with Crippen molar-refractivity contribution in [2.24, 2.45) is 0 Å². The summed E-state index contributed by atoms with van der Waals surface area (Å²) in [6.45, 7) is 4.75. The number of carbonyl (C=O) groups is 1. The molecule has 26 heavy (non-hydrogen) atoms. The third kappa shape index (κ3) is 5.45. The number of halogens is 2. The van der Waals surface area contributed by atoms with Gasteiger partial charge in [-0.25, -0.2) is 0 Å². The topological polar surface area (TPSA) is 43.8 Å². The quantitative estimate of drug-likeness (QED) is 0.836. The third-order valence-electron chi connectivity index (χ3n) is 4.73. The van der Waals surface area contributed by atoms with Gasteiger partial charge in [-0.2, -0.15) is 0 Å². The Balaban J connectivity index is 0.00000169. The summed E-state index contributed by atoms with van der Waals surface area (Å²) in [5.74, 6) is -0.752. The lowest BCUT2D eigenvalue weighted by Gasteiger charge is -2.43. The van der Waals surface area contributed by atoms with Crippen LogP contribution >= 0.6 is 24.8 Å². The lowest BCUT2D eigenvalue weighted by atomic mass is 9.95. The number of carboxylic acid groups (broad SMARTS) is 1. The van der Waals surface area contributed by atoms with Crippen LogP contribution in [0.1, 0.15) is 24.1 Å². The first-order chi connectivity index (χ1) is 11.6. The molecule has 1 fully saturated rings. The van der Waals surface area contributed by atoms with E-state index in [-0.39, 0.29) is 43.4 Å². The Labute approximate surface area is 167 Å². The second-order valence-electron chi connectivity index (χ2n) is 6.43. The van der Waals surface area contributed by atoms with Gasteiger partial charge >= 0.3 is 5.97 Å². The van der Waals surface area contributed by atoms with Crippen molar-refractivity contribution in [1.82, 2.24) is 9.80 Å². The summed E-state index contributed by atoms with van der Waals surface area (Å²) in [5.41, 5.74) is 2.56. The van der Waals surface area contributed by atoms with Crippen LogP contribution in [-0.2, 0) is 4.79 Å². The van der Waals surface area contributed by atoms with Crippen LogP contribution in [-0.4, -0.2) is 53.1 Å². The molecule has 0 radical (unpaired) electrons. The fourth-order valence-electron chi connectivity index (χ4n) is 3.55. The molecule has 1 unspecified atom stereocenters. The van der Waals surface area contributed by atoms with Gasteiger partial charge in [0.2, 0.25) is 0 Å². The molecule has 0 amide bonds. The van der Waals surface area contributed by atoms with Crippen LogP contribution in [0.25, 0.3) is 0 Å². The van der Waals surface area contributed by atoms with Crippen molar-refractivity contribution >= 4 is 30.8 Å². The molecule has 6 heteroatoms. The van der Waals surface area contributed by atoms with Gasteiger partial charge in [0.25, 0.3) is 0 Å². The minimum absolute atomic E-state index is 0. The Morgan fingerprint density at radius 1 is 1.00 bits per heavy atom. The Morgan fingerprint density at radius 3 is 1.92 bits per heavy atom. The zero-order chi connectivity index (χ0) is 16.9. The van der Waals surface area contributed by atoms with Gasteiger partial charge in [-0.15, -0.1) is 24.8 Å². The standard InChI is InChI=1S/C20H24N2O2.2ClH/c1-16-14-22(13-12-21(16)15-19(23)24)20(17-8-4-2-5-9-17)18-10-6-3-7-11-18;;/h2-11,16,20H,12-15H2,1H3,(H,23,24);2*1H. The van der Waals surface area contributed by atoms with Crippen LogP contribution in [0.4, 0.5) is 0 Å². The van der Waals surface area contributed by atoms with Gasteiger partial charge in [-0.05, 0) is 18.1 Å². The molecule has 0 saturated carbocycles. The summed E-state index contributed by atoms with van der Waals surface area (Å²) in [6, 6.07) is 21.5. The summed E-state index contributed by atoms with van der Waals surface area (Å²) < 4.78 is 0. The first-order valence-corrected chi connectivity index (χ1v) is 8.45. The zero-order valence-corrected chi connectivity index (χ0v) is 16.5. The second kappa shape index (κ2) is 10.5. The number of hydrogen-bond acceptors (Lipinski definition) is 3. The fourth-order valence-corrected chi connectivity index (χ4v) is 3.55. The highest BCUT2D eigenvalue weighted by molar-refractivity contribution is 5.85. The van der Waals surface area contributed by atoms with Crippen molar-refractivity contribution in [2.45, 2.75) is 19.0 Å². The first-order valence-electron chi connectivity index (χ1n) is 8.45. The molecule has 0 bridgehead atoms. The lowest BCUT2D eigenvalue weighted by Crippen LogP contribution is -2.54. The van der Waals surface area contributed by atoms with Gasteiger partial charge < -0.3 is 5.11 Å². The minimum atomic E-state index is -0.752. The monoisotopic (exact) mass is 396 g/mol. The normalized spacial score (nSPS) is 18.0. The number of aliphatic carboxylic acids is 1. The summed E-state index contributed by atoms with van der Waals surface area (Å²) in [4.78, 5) is 15.5. The maximum absolute atomic E-state index is 11.0. The molecule has 1 N–H and O–H groups in total. The highest BCUT2D eigenvalue weighted by Gasteiger charge is 2.30. The number of benzene rings is 2. The Bertz CT molecular complexity index is 631. The van der Waals surface area contributed by atoms with E-state index in [9.17, 15) is 4.79 Å². The highest BCUT2D eigenvalue weighted by Crippen LogP contribution is 2.30. The minimum Gasteiger partial charge on any atom is -0.480 e. The van der Waals surface area contributed by atoms with Crippen molar-refractivity contribution in [3.63, 3.8) is 0 Å². The molecule has 4 nitrogen and oxygen atoms in total. The van der Waals surface area contributed by atoms with Crippen LogP contribution in [0, 0.1) is 0 Å². The SMILES string of the molecule is CC1CN(C(c2ccccc2)c2ccccc2)CCN1CC(=O)O.Cl.Cl. The number of hydrogen-bond donors (Lipinski definition) is 1. The van der Waals surface area contributed by atoms with E-state index in [4.69, 9.17) is 5.11 Å². The van der Waals surface area contributed by atoms with Gasteiger partial charge in [-0.1, -0.05) is 60.7 Å². The van der Waals surface area contributed by atoms with Crippen LogP contribution < -0.4 is 0 Å². The fraction of sp³-hybridized carbons (Fsp3) is 0.350. The average molecular weight is 397 g/mol. The molecule has 0 spiro atoms. The Hall–Kier alpha value is -1.59. The predicted molar refractivity (Wildman–Crippen MR) is 109 cm³/mol. The van der Waals surface area contributed by atoms with E-state index >= 15 is 0 Å². The Kier molecular flexibility index (Phi) is 9.09. The largest absolute Gasteiger partial charge is 0.480 e. The van der Waals surface area contributed by atoms with E-state index < -0.39 is 5.97 Å². The number of piperazine rings is 1. The van der Waals surface area contributed by atoms with Gasteiger partial charge in [0, 0.05) is 25.7 Å². The van der Waals surface area contributed by atoms with Crippen molar-refractivity contribution in [2.75, 3.05) is 26.2 Å².